The molecule has 0 saturated heterocycles. The SMILES string of the molecule is COc1cccc(CNC(=O)c2coc(CCN)n2)c1OC. The van der Waals surface area contributed by atoms with Gasteiger partial charge in [0.15, 0.2) is 23.1 Å². The van der Waals surface area contributed by atoms with Crippen molar-refractivity contribution in [3.05, 3.63) is 41.6 Å². The van der Waals surface area contributed by atoms with Crippen LogP contribution in [0.15, 0.2) is 28.9 Å². The number of para-hydroxylation sites is 1. The molecule has 0 aliphatic rings. The number of oxazole rings is 1. The third-order valence-electron chi connectivity index (χ3n) is 3.07. The van der Waals surface area contributed by atoms with Gasteiger partial charge in [-0.15, -0.1) is 0 Å². The van der Waals surface area contributed by atoms with Crippen LogP contribution in [0.4, 0.5) is 0 Å². The molecule has 1 aromatic heterocycles. The molecule has 0 aliphatic heterocycles. The van der Waals surface area contributed by atoms with Crippen LogP contribution < -0.4 is 20.5 Å². The Labute approximate surface area is 128 Å². The number of benzene rings is 1. The number of methoxy groups -OCH3 is 2. The Morgan fingerprint density at radius 1 is 1.36 bits per heavy atom. The van der Waals surface area contributed by atoms with Gasteiger partial charge in [0.1, 0.15) is 6.26 Å². The second kappa shape index (κ2) is 7.46. The van der Waals surface area contributed by atoms with Crippen molar-refractivity contribution >= 4 is 5.91 Å². The highest BCUT2D eigenvalue weighted by Gasteiger charge is 2.14. The number of hydrogen-bond donors (Lipinski definition) is 2. The van der Waals surface area contributed by atoms with Gasteiger partial charge in [0.2, 0.25) is 0 Å². The minimum absolute atomic E-state index is 0.227. The van der Waals surface area contributed by atoms with Crippen molar-refractivity contribution in [1.29, 1.82) is 0 Å². The number of hydrogen-bond acceptors (Lipinski definition) is 6. The van der Waals surface area contributed by atoms with E-state index in [0.717, 1.165) is 5.56 Å². The van der Waals surface area contributed by atoms with Gasteiger partial charge in [0.05, 0.1) is 14.2 Å². The molecule has 1 heterocycles. The van der Waals surface area contributed by atoms with Crippen molar-refractivity contribution < 1.29 is 18.7 Å². The molecule has 0 aliphatic carbocycles. The first-order valence-electron chi connectivity index (χ1n) is 6.82. The Kier molecular flexibility index (Phi) is 5.37. The molecule has 7 nitrogen and oxygen atoms in total. The summed E-state index contributed by atoms with van der Waals surface area (Å²) in [4.78, 5) is 16.1. The van der Waals surface area contributed by atoms with E-state index in [1.54, 1.807) is 20.3 Å². The lowest BCUT2D eigenvalue weighted by Crippen LogP contribution is -2.23. The molecule has 0 fully saturated rings. The molecule has 0 unspecified atom stereocenters. The van der Waals surface area contributed by atoms with E-state index in [9.17, 15) is 4.79 Å². The highest BCUT2D eigenvalue weighted by atomic mass is 16.5. The fourth-order valence-corrected chi connectivity index (χ4v) is 2.01. The minimum Gasteiger partial charge on any atom is -0.493 e. The maximum atomic E-state index is 12.1. The molecule has 3 N–H and O–H groups in total. The molecule has 2 aromatic rings. The highest BCUT2D eigenvalue weighted by Crippen LogP contribution is 2.30. The Hall–Kier alpha value is -2.54. The van der Waals surface area contributed by atoms with E-state index in [-0.39, 0.29) is 18.1 Å². The Bertz CT molecular complexity index is 639. The number of rotatable bonds is 7. The molecule has 0 saturated carbocycles. The summed E-state index contributed by atoms with van der Waals surface area (Å²) in [6.07, 6.45) is 1.82. The first kappa shape index (κ1) is 15.8. The number of nitrogens with zero attached hydrogens (tertiary/aromatic N) is 1. The summed E-state index contributed by atoms with van der Waals surface area (Å²) in [6, 6.07) is 5.48. The molecule has 1 amide bonds. The normalized spacial score (nSPS) is 10.3. The van der Waals surface area contributed by atoms with Crippen LogP contribution in [0.1, 0.15) is 21.9 Å². The van der Waals surface area contributed by atoms with Gasteiger partial charge in [-0.25, -0.2) is 4.98 Å². The van der Waals surface area contributed by atoms with E-state index in [1.165, 1.54) is 6.26 Å². The Balaban J connectivity index is 2.04. The number of nitrogens with one attached hydrogen (secondary N) is 1. The Morgan fingerprint density at radius 2 is 2.18 bits per heavy atom. The molecule has 0 radical (unpaired) electrons. The smallest absolute Gasteiger partial charge is 0.273 e. The highest BCUT2D eigenvalue weighted by molar-refractivity contribution is 5.91. The lowest BCUT2D eigenvalue weighted by Gasteiger charge is -2.12. The van der Waals surface area contributed by atoms with E-state index in [2.05, 4.69) is 10.3 Å². The fourth-order valence-electron chi connectivity index (χ4n) is 2.01. The van der Waals surface area contributed by atoms with E-state index in [1.807, 2.05) is 12.1 Å². The van der Waals surface area contributed by atoms with Crippen molar-refractivity contribution in [1.82, 2.24) is 10.3 Å². The van der Waals surface area contributed by atoms with E-state index >= 15 is 0 Å². The van der Waals surface area contributed by atoms with Crippen LogP contribution >= 0.6 is 0 Å². The zero-order chi connectivity index (χ0) is 15.9. The standard InChI is InChI=1S/C15H19N3O4/c1-20-12-5-3-4-10(14(12)21-2)8-17-15(19)11-9-22-13(18-11)6-7-16/h3-5,9H,6-8,16H2,1-2H3,(H,17,19). The molecule has 118 valence electrons. The predicted molar refractivity (Wildman–Crippen MR) is 80.0 cm³/mol. The number of carbonyl (C=O) groups excluding carboxylic acids is 1. The monoisotopic (exact) mass is 305 g/mol. The van der Waals surface area contributed by atoms with Gasteiger partial charge >= 0.3 is 0 Å². The van der Waals surface area contributed by atoms with Crippen LogP contribution in [-0.2, 0) is 13.0 Å². The van der Waals surface area contributed by atoms with Crippen molar-refractivity contribution in [2.75, 3.05) is 20.8 Å². The summed E-state index contributed by atoms with van der Waals surface area (Å²) >= 11 is 0. The van der Waals surface area contributed by atoms with Gasteiger partial charge in [-0.3, -0.25) is 4.79 Å². The van der Waals surface area contributed by atoms with Crippen LogP contribution in [0.25, 0.3) is 0 Å². The molecular formula is C15H19N3O4. The van der Waals surface area contributed by atoms with Gasteiger partial charge in [0.25, 0.3) is 5.91 Å². The summed E-state index contributed by atoms with van der Waals surface area (Å²) in [5.74, 6) is 1.33. The maximum absolute atomic E-state index is 12.1. The van der Waals surface area contributed by atoms with Gasteiger partial charge in [-0.2, -0.15) is 0 Å². The van der Waals surface area contributed by atoms with Crippen molar-refractivity contribution in [2.24, 2.45) is 5.73 Å². The van der Waals surface area contributed by atoms with Crippen molar-refractivity contribution in [3.8, 4) is 11.5 Å². The number of nitrogens with two attached hydrogens (primary N) is 1. The zero-order valence-corrected chi connectivity index (χ0v) is 12.6. The number of aromatic nitrogens is 1. The number of amides is 1. The van der Waals surface area contributed by atoms with Crippen molar-refractivity contribution in [3.63, 3.8) is 0 Å². The first-order chi connectivity index (χ1) is 10.7. The second-order valence-electron chi connectivity index (χ2n) is 4.50. The van der Waals surface area contributed by atoms with Gasteiger partial charge in [-0.05, 0) is 6.07 Å². The molecular weight excluding hydrogens is 286 g/mol. The molecule has 1 aromatic carbocycles. The summed E-state index contributed by atoms with van der Waals surface area (Å²) in [5.41, 5.74) is 6.45. The van der Waals surface area contributed by atoms with Crippen LogP contribution in [0.3, 0.4) is 0 Å². The third-order valence-corrected chi connectivity index (χ3v) is 3.07. The third kappa shape index (κ3) is 3.56. The molecule has 7 heteroatoms. The predicted octanol–water partition coefficient (Wildman–Crippen LogP) is 1.12. The van der Waals surface area contributed by atoms with E-state index < -0.39 is 0 Å². The average molecular weight is 305 g/mol. The van der Waals surface area contributed by atoms with Crippen LogP contribution in [0.5, 0.6) is 11.5 Å². The number of ether oxygens (including phenoxy) is 2. The molecule has 0 bridgehead atoms. The Morgan fingerprint density at radius 3 is 2.86 bits per heavy atom. The maximum Gasteiger partial charge on any atom is 0.273 e. The molecule has 2 rings (SSSR count). The van der Waals surface area contributed by atoms with Gasteiger partial charge in [0, 0.05) is 25.1 Å². The zero-order valence-electron chi connectivity index (χ0n) is 12.6. The molecule has 22 heavy (non-hydrogen) atoms. The van der Waals surface area contributed by atoms with E-state index in [4.69, 9.17) is 19.6 Å². The topological polar surface area (TPSA) is 99.6 Å². The summed E-state index contributed by atoms with van der Waals surface area (Å²) < 4.78 is 15.7. The van der Waals surface area contributed by atoms with Crippen LogP contribution in [-0.4, -0.2) is 31.7 Å². The minimum atomic E-state index is -0.322. The number of carbonyl (C=O) groups is 1. The summed E-state index contributed by atoms with van der Waals surface area (Å²) in [5, 5.41) is 2.77. The van der Waals surface area contributed by atoms with Crippen molar-refractivity contribution in [2.45, 2.75) is 13.0 Å². The first-order valence-corrected chi connectivity index (χ1v) is 6.82. The van der Waals surface area contributed by atoms with E-state index in [0.29, 0.717) is 30.4 Å². The quantitative estimate of drug-likeness (QED) is 0.795. The largest absolute Gasteiger partial charge is 0.493 e. The second-order valence-corrected chi connectivity index (χ2v) is 4.50. The average Bonchev–Trinajstić information content (AvgIpc) is 3.01. The summed E-state index contributed by atoms with van der Waals surface area (Å²) in [6.45, 7) is 0.709. The van der Waals surface area contributed by atoms with Gasteiger partial charge < -0.3 is 24.9 Å². The van der Waals surface area contributed by atoms with Crippen LogP contribution in [0, 0.1) is 0 Å². The lowest BCUT2D eigenvalue weighted by molar-refractivity contribution is 0.0945. The molecule has 0 atom stereocenters. The van der Waals surface area contributed by atoms with Gasteiger partial charge in [-0.1, -0.05) is 12.1 Å². The summed E-state index contributed by atoms with van der Waals surface area (Å²) in [7, 11) is 3.12. The lowest BCUT2D eigenvalue weighted by atomic mass is 10.2. The van der Waals surface area contributed by atoms with Crippen LogP contribution in [0.2, 0.25) is 0 Å². The molecule has 0 spiro atoms. The fraction of sp³-hybridized carbons (Fsp3) is 0.333.